The number of quaternary nitrogens is 1. The van der Waals surface area contributed by atoms with Crippen LogP contribution in [0.25, 0.3) is 0 Å². The number of nitrogens with zero attached hydrogens (tertiary/aromatic N) is 1. The molecule has 7 nitrogen and oxygen atoms in total. The lowest BCUT2D eigenvalue weighted by atomic mass is 10.0. The molecule has 0 unspecified atom stereocenters. The quantitative estimate of drug-likeness (QED) is 0.0555. The minimum absolute atomic E-state index is 0.265. The highest BCUT2D eigenvalue weighted by Gasteiger charge is 2.35. The summed E-state index contributed by atoms with van der Waals surface area (Å²) in [4.78, 5) is 33.6. The zero-order valence-electron chi connectivity index (χ0n) is 23.6. The summed E-state index contributed by atoms with van der Waals surface area (Å²) in [6.07, 6.45) is 29.3. The van der Waals surface area contributed by atoms with Crippen molar-refractivity contribution in [3.8, 4) is 0 Å². The summed E-state index contributed by atoms with van der Waals surface area (Å²) in [6.45, 7) is 1.08. The molecule has 0 aromatic heterocycles. The monoisotopic (exact) mass is 526 g/mol. The number of unbranched alkanes of at least 4 members (excludes halogenated alkanes) is 18. The molecule has 0 spiro atoms. The van der Waals surface area contributed by atoms with Crippen LogP contribution in [-0.2, 0) is 14.4 Å². The standard InChI is InChI=1S/C30H55NO6/c1-2-3-4-5-6-7-8-9-10-11-12-13-14-15-16-17-18-19-20-21-22-23-24-31(25-28(32)33,26-29(34)35)27-30(36)37/h6-7H,2-5,8-27H2,1H3,(H2-,32,33,34,35,36,37)/p+1/b7-6+. The average Bonchev–Trinajstić information content (AvgIpc) is 2.81. The van der Waals surface area contributed by atoms with Crippen LogP contribution in [0.2, 0.25) is 0 Å². The lowest BCUT2D eigenvalue weighted by Gasteiger charge is -2.34. The van der Waals surface area contributed by atoms with Gasteiger partial charge in [-0.3, -0.25) is 4.48 Å². The fourth-order valence-electron chi connectivity index (χ4n) is 5.02. The van der Waals surface area contributed by atoms with Gasteiger partial charge in [0.2, 0.25) is 0 Å². The van der Waals surface area contributed by atoms with Gasteiger partial charge in [0.25, 0.3) is 0 Å². The average molecular weight is 527 g/mol. The Hall–Kier alpha value is -1.89. The maximum Gasteiger partial charge on any atom is 0.359 e. The van der Waals surface area contributed by atoms with E-state index in [0.29, 0.717) is 6.42 Å². The predicted octanol–water partition coefficient (Wildman–Crippen LogP) is 7.44. The Kier molecular flexibility index (Phi) is 23.2. The molecule has 0 aliphatic carbocycles. The van der Waals surface area contributed by atoms with E-state index < -0.39 is 42.0 Å². The summed E-state index contributed by atoms with van der Waals surface area (Å²) in [6, 6.07) is 0. The van der Waals surface area contributed by atoms with Gasteiger partial charge >= 0.3 is 17.9 Å². The Morgan fingerprint density at radius 2 is 0.784 bits per heavy atom. The van der Waals surface area contributed by atoms with Gasteiger partial charge in [-0.2, -0.15) is 0 Å². The smallest absolute Gasteiger partial charge is 0.359 e. The van der Waals surface area contributed by atoms with E-state index in [2.05, 4.69) is 19.1 Å². The first-order valence-electron chi connectivity index (χ1n) is 15.0. The lowest BCUT2D eigenvalue weighted by Crippen LogP contribution is -2.57. The number of rotatable bonds is 28. The zero-order valence-corrected chi connectivity index (χ0v) is 23.6. The summed E-state index contributed by atoms with van der Waals surface area (Å²) >= 11 is 0. The molecule has 216 valence electrons. The Morgan fingerprint density at radius 1 is 0.486 bits per heavy atom. The molecule has 37 heavy (non-hydrogen) atoms. The van der Waals surface area contributed by atoms with Crippen molar-refractivity contribution >= 4 is 17.9 Å². The summed E-state index contributed by atoms with van der Waals surface area (Å²) in [5.74, 6) is -3.50. The molecule has 0 bridgehead atoms. The van der Waals surface area contributed by atoms with Crippen LogP contribution in [0.5, 0.6) is 0 Å². The Bertz CT molecular complexity index is 578. The van der Waals surface area contributed by atoms with Crippen molar-refractivity contribution in [2.24, 2.45) is 0 Å². The van der Waals surface area contributed by atoms with Gasteiger partial charge in [-0.05, 0) is 38.5 Å². The molecule has 0 amide bonds. The fraction of sp³-hybridized carbons (Fsp3) is 0.833. The van der Waals surface area contributed by atoms with E-state index in [4.69, 9.17) is 15.3 Å². The molecule has 0 aromatic rings. The van der Waals surface area contributed by atoms with E-state index in [1.54, 1.807) is 0 Å². The van der Waals surface area contributed by atoms with Crippen molar-refractivity contribution in [2.75, 3.05) is 26.2 Å². The third-order valence-electron chi connectivity index (χ3n) is 7.06. The van der Waals surface area contributed by atoms with E-state index in [-0.39, 0.29) is 6.54 Å². The minimum Gasteiger partial charge on any atom is -0.477 e. The minimum atomic E-state index is -1.17. The lowest BCUT2D eigenvalue weighted by molar-refractivity contribution is -0.907. The summed E-state index contributed by atoms with van der Waals surface area (Å²) in [7, 11) is 0. The number of carbonyl (C=O) groups is 3. The van der Waals surface area contributed by atoms with Gasteiger partial charge in [-0.1, -0.05) is 109 Å². The maximum atomic E-state index is 11.2. The first-order valence-corrected chi connectivity index (χ1v) is 15.0. The molecule has 3 N–H and O–H groups in total. The fourth-order valence-corrected chi connectivity index (χ4v) is 5.02. The van der Waals surface area contributed by atoms with Crippen molar-refractivity contribution < 1.29 is 34.2 Å². The van der Waals surface area contributed by atoms with Crippen LogP contribution in [-0.4, -0.2) is 63.9 Å². The van der Waals surface area contributed by atoms with E-state index >= 15 is 0 Å². The first kappa shape index (κ1) is 35.1. The van der Waals surface area contributed by atoms with E-state index in [1.807, 2.05) is 0 Å². The summed E-state index contributed by atoms with van der Waals surface area (Å²) in [5.41, 5.74) is 0. The second kappa shape index (κ2) is 24.4. The maximum absolute atomic E-state index is 11.2. The van der Waals surface area contributed by atoms with E-state index in [9.17, 15) is 14.4 Å². The molecule has 7 heteroatoms. The van der Waals surface area contributed by atoms with E-state index in [0.717, 1.165) is 19.3 Å². The zero-order chi connectivity index (χ0) is 27.6. The topological polar surface area (TPSA) is 112 Å². The molecule has 0 fully saturated rings. The van der Waals surface area contributed by atoms with Gasteiger partial charge in [0.05, 0.1) is 6.54 Å². The molecule has 0 rings (SSSR count). The molecule has 0 saturated carbocycles. The third-order valence-corrected chi connectivity index (χ3v) is 7.06. The van der Waals surface area contributed by atoms with Crippen LogP contribution < -0.4 is 0 Å². The van der Waals surface area contributed by atoms with Crippen molar-refractivity contribution in [1.82, 2.24) is 0 Å². The number of hydrogen-bond donors (Lipinski definition) is 3. The van der Waals surface area contributed by atoms with Gasteiger partial charge in [0, 0.05) is 0 Å². The molecule has 0 atom stereocenters. The predicted molar refractivity (Wildman–Crippen MR) is 150 cm³/mol. The van der Waals surface area contributed by atoms with Crippen molar-refractivity contribution in [2.45, 2.75) is 135 Å². The van der Waals surface area contributed by atoms with Crippen LogP contribution in [0, 0.1) is 0 Å². The molecule has 0 heterocycles. The van der Waals surface area contributed by atoms with E-state index in [1.165, 1.54) is 103 Å². The van der Waals surface area contributed by atoms with Gasteiger partial charge in [0.15, 0.2) is 19.6 Å². The molecule has 0 saturated heterocycles. The second-order valence-electron chi connectivity index (χ2n) is 10.8. The molecule has 0 radical (unpaired) electrons. The van der Waals surface area contributed by atoms with Crippen LogP contribution in [0.15, 0.2) is 12.2 Å². The van der Waals surface area contributed by atoms with Crippen molar-refractivity contribution in [1.29, 1.82) is 0 Å². The van der Waals surface area contributed by atoms with Crippen molar-refractivity contribution in [3.63, 3.8) is 0 Å². The number of aliphatic carboxylic acids is 3. The number of hydrogen-bond acceptors (Lipinski definition) is 3. The highest BCUT2D eigenvalue weighted by atomic mass is 16.4. The molecular formula is C30H56NO6+. The summed E-state index contributed by atoms with van der Waals surface area (Å²) < 4.78 is -0.434. The van der Waals surface area contributed by atoms with Gasteiger partial charge < -0.3 is 15.3 Å². The summed E-state index contributed by atoms with van der Waals surface area (Å²) in [5, 5.41) is 27.4. The highest BCUT2D eigenvalue weighted by molar-refractivity contribution is 5.73. The van der Waals surface area contributed by atoms with Gasteiger partial charge in [-0.15, -0.1) is 0 Å². The Labute approximate surface area is 225 Å². The normalized spacial score (nSPS) is 11.8. The highest BCUT2D eigenvalue weighted by Crippen LogP contribution is 2.16. The van der Waals surface area contributed by atoms with Gasteiger partial charge in [0.1, 0.15) is 0 Å². The largest absolute Gasteiger partial charge is 0.477 e. The number of carboxylic acid groups (broad SMARTS) is 3. The molecule has 0 aliphatic heterocycles. The second-order valence-corrected chi connectivity index (χ2v) is 10.8. The Balaban J connectivity index is 3.63. The SMILES string of the molecule is CCCCC/C=C/CCCCCCCCCCCCCCCCC[N+](CC(=O)O)(CC(=O)O)CC(=O)O. The Morgan fingerprint density at radius 3 is 1.11 bits per heavy atom. The van der Waals surface area contributed by atoms with Crippen LogP contribution >= 0.6 is 0 Å². The van der Waals surface area contributed by atoms with Gasteiger partial charge in [-0.25, -0.2) is 14.4 Å². The number of allylic oxidation sites excluding steroid dienone is 2. The molecule has 0 aliphatic rings. The molecular weight excluding hydrogens is 470 g/mol. The van der Waals surface area contributed by atoms with Crippen LogP contribution in [0.1, 0.15) is 135 Å². The number of carboxylic acids is 3. The third kappa shape index (κ3) is 24.2. The van der Waals surface area contributed by atoms with Crippen molar-refractivity contribution in [3.05, 3.63) is 12.2 Å². The van der Waals surface area contributed by atoms with Crippen LogP contribution in [0.4, 0.5) is 0 Å². The first-order chi connectivity index (χ1) is 17.8. The van der Waals surface area contributed by atoms with Crippen LogP contribution in [0.3, 0.4) is 0 Å². The molecule has 0 aromatic carbocycles.